The maximum Gasteiger partial charge on any atom is 0.244 e. The lowest BCUT2D eigenvalue weighted by molar-refractivity contribution is 0.402. The number of ether oxygens (including phenoxy) is 1. The highest BCUT2D eigenvalue weighted by Crippen LogP contribution is 2.28. The number of methoxy groups -OCH3 is 1. The second kappa shape index (κ2) is 8.60. The lowest BCUT2D eigenvalue weighted by atomic mass is 10.0. The molecule has 0 aliphatic rings. The molecule has 0 aromatic heterocycles. The smallest absolute Gasteiger partial charge is 0.244 e. The molecule has 0 saturated carbocycles. The molecule has 0 unspecified atom stereocenters. The fraction of sp³-hybridized carbons (Fsp3) is 0.368. The van der Waals surface area contributed by atoms with Crippen LogP contribution in [0.1, 0.15) is 30.9 Å². The molecule has 0 fully saturated rings. The standard InChI is InChI=1S/C19H26N2O5S2/c1-14(2)16-8-11-18(26-5)19(12-16)27(22,23)20-13-15-6-9-17(10-7-15)28(24,25)21(3)4/h6-12,14,20H,13H2,1-5H3. The van der Waals surface area contributed by atoms with Crippen LogP contribution in [0.3, 0.4) is 0 Å². The van der Waals surface area contributed by atoms with Gasteiger partial charge in [-0.2, -0.15) is 0 Å². The fourth-order valence-electron chi connectivity index (χ4n) is 2.51. The molecule has 2 aromatic carbocycles. The molecule has 0 spiro atoms. The van der Waals surface area contributed by atoms with E-state index in [1.165, 1.54) is 33.3 Å². The molecule has 0 bridgehead atoms. The summed E-state index contributed by atoms with van der Waals surface area (Å²) in [6.45, 7) is 3.99. The second-order valence-corrected chi connectivity index (χ2v) is 10.7. The van der Waals surface area contributed by atoms with Crippen LogP contribution in [0.15, 0.2) is 52.3 Å². The highest BCUT2D eigenvalue weighted by Gasteiger charge is 2.21. The largest absolute Gasteiger partial charge is 0.495 e. The molecule has 7 nitrogen and oxygen atoms in total. The summed E-state index contributed by atoms with van der Waals surface area (Å²) in [6.07, 6.45) is 0. The lowest BCUT2D eigenvalue weighted by Gasteiger charge is -2.14. The first-order valence-corrected chi connectivity index (χ1v) is 11.6. The van der Waals surface area contributed by atoms with Gasteiger partial charge in [0.1, 0.15) is 10.6 Å². The Morgan fingerprint density at radius 3 is 2.11 bits per heavy atom. The van der Waals surface area contributed by atoms with Gasteiger partial charge in [0.05, 0.1) is 12.0 Å². The summed E-state index contributed by atoms with van der Waals surface area (Å²) >= 11 is 0. The van der Waals surface area contributed by atoms with E-state index < -0.39 is 20.0 Å². The van der Waals surface area contributed by atoms with Crippen molar-refractivity contribution in [3.05, 3.63) is 53.6 Å². The molecule has 0 heterocycles. The van der Waals surface area contributed by atoms with Crippen molar-refractivity contribution in [2.75, 3.05) is 21.2 Å². The normalized spacial score (nSPS) is 12.5. The minimum absolute atomic E-state index is 0.0275. The number of hydrogen-bond acceptors (Lipinski definition) is 5. The molecule has 2 rings (SSSR count). The lowest BCUT2D eigenvalue weighted by Crippen LogP contribution is -2.24. The van der Waals surface area contributed by atoms with Crippen LogP contribution in [-0.4, -0.2) is 42.3 Å². The van der Waals surface area contributed by atoms with Gasteiger partial charge in [-0.1, -0.05) is 32.0 Å². The predicted molar refractivity (Wildman–Crippen MR) is 108 cm³/mol. The van der Waals surface area contributed by atoms with Crippen molar-refractivity contribution in [2.45, 2.75) is 36.1 Å². The maximum atomic E-state index is 12.8. The van der Waals surface area contributed by atoms with Crippen molar-refractivity contribution in [1.29, 1.82) is 0 Å². The van der Waals surface area contributed by atoms with E-state index in [1.807, 2.05) is 19.9 Å². The van der Waals surface area contributed by atoms with Gasteiger partial charge in [-0.15, -0.1) is 0 Å². The average Bonchev–Trinajstić information content (AvgIpc) is 2.66. The molecule has 0 atom stereocenters. The Balaban J connectivity index is 2.23. The first-order chi connectivity index (χ1) is 13.0. The zero-order chi connectivity index (χ0) is 21.1. The first kappa shape index (κ1) is 22.4. The van der Waals surface area contributed by atoms with Gasteiger partial charge < -0.3 is 4.74 Å². The zero-order valence-electron chi connectivity index (χ0n) is 16.6. The highest BCUT2D eigenvalue weighted by atomic mass is 32.2. The summed E-state index contributed by atoms with van der Waals surface area (Å²) in [7, 11) is -3.00. The van der Waals surface area contributed by atoms with Crippen molar-refractivity contribution in [3.8, 4) is 5.75 Å². The van der Waals surface area contributed by atoms with E-state index in [9.17, 15) is 16.8 Å². The third-order valence-corrected chi connectivity index (χ3v) is 7.56. The van der Waals surface area contributed by atoms with Gasteiger partial charge >= 0.3 is 0 Å². The minimum Gasteiger partial charge on any atom is -0.495 e. The highest BCUT2D eigenvalue weighted by molar-refractivity contribution is 7.89. The quantitative estimate of drug-likeness (QED) is 0.700. The molecule has 28 heavy (non-hydrogen) atoms. The van der Waals surface area contributed by atoms with E-state index >= 15 is 0 Å². The summed E-state index contributed by atoms with van der Waals surface area (Å²) in [6, 6.07) is 11.2. The van der Waals surface area contributed by atoms with Gasteiger partial charge in [0.15, 0.2) is 0 Å². The van der Waals surface area contributed by atoms with Crippen molar-refractivity contribution in [2.24, 2.45) is 0 Å². The topological polar surface area (TPSA) is 92.8 Å². The van der Waals surface area contributed by atoms with E-state index in [-0.39, 0.29) is 28.0 Å². The molecular weight excluding hydrogens is 400 g/mol. The van der Waals surface area contributed by atoms with Crippen LogP contribution in [-0.2, 0) is 26.6 Å². The van der Waals surface area contributed by atoms with Gasteiger partial charge in [-0.05, 0) is 41.3 Å². The molecule has 9 heteroatoms. The summed E-state index contributed by atoms with van der Waals surface area (Å²) in [4.78, 5) is 0.225. The number of nitrogens with zero attached hydrogens (tertiary/aromatic N) is 1. The van der Waals surface area contributed by atoms with E-state index in [2.05, 4.69) is 4.72 Å². The maximum absolute atomic E-state index is 12.8. The average molecular weight is 427 g/mol. The Morgan fingerprint density at radius 2 is 1.61 bits per heavy atom. The van der Waals surface area contributed by atoms with E-state index in [0.29, 0.717) is 5.56 Å². The van der Waals surface area contributed by atoms with E-state index in [1.54, 1.807) is 24.3 Å². The molecule has 2 aromatic rings. The number of nitrogens with one attached hydrogen (secondary N) is 1. The van der Waals surface area contributed by atoms with E-state index in [0.717, 1.165) is 9.87 Å². The van der Waals surface area contributed by atoms with Crippen LogP contribution in [0, 0.1) is 0 Å². The van der Waals surface area contributed by atoms with Gasteiger partial charge in [-0.25, -0.2) is 25.9 Å². The number of sulfonamides is 2. The van der Waals surface area contributed by atoms with Crippen molar-refractivity contribution < 1.29 is 21.6 Å². The summed E-state index contributed by atoms with van der Waals surface area (Å²) < 4.78 is 58.6. The summed E-state index contributed by atoms with van der Waals surface area (Å²) in [5, 5.41) is 0. The van der Waals surface area contributed by atoms with Gasteiger partial charge in [0, 0.05) is 20.6 Å². The minimum atomic E-state index is -3.81. The zero-order valence-corrected chi connectivity index (χ0v) is 18.3. The van der Waals surface area contributed by atoms with Gasteiger partial charge in [0.2, 0.25) is 20.0 Å². The van der Waals surface area contributed by atoms with Gasteiger partial charge in [0.25, 0.3) is 0 Å². The second-order valence-electron chi connectivity index (χ2n) is 6.82. The summed E-state index contributed by atoms with van der Waals surface area (Å²) in [5.74, 6) is 0.440. The van der Waals surface area contributed by atoms with Crippen molar-refractivity contribution in [1.82, 2.24) is 9.03 Å². The monoisotopic (exact) mass is 426 g/mol. The van der Waals surface area contributed by atoms with Crippen LogP contribution in [0.2, 0.25) is 0 Å². The molecule has 0 aliphatic carbocycles. The first-order valence-electron chi connectivity index (χ1n) is 8.68. The molecule has 154 valence electrons. The molecule has 0 aliphatic heterocycles. The third kappa shape index (κ3) is 4.91. The van der Waals surface area contributed by atoms with Crippen molar-refractivity contribution in [3.63, 3.8) is 0 Å². The number of rotatable bonds is 8. The SMILES string of the molecule is COc1ccc(C(C)C)cc1S(=O)(=O)NCc1ccc(S(=O)(=O)N(C)C)cc1. The molecule has 0 amide bonds. The van der Waals surface area contributed by atoms with Crippen LogP contribution < -0.4 is 9.46 Å². The molecular formula is C19H26N2O5S2. The van der Waals surface area contributed by atoms with Crippen LogP contribution in [0.25, 0.3) is 0 Å². The van der Waals surface area contributed by atoms with E-state index in [4.69, 9.17) is 4.74 Å². The number of benzene rings is 2. The Kier molecular flexibility index (Phi) is 6.87. The van der Waals surface area contributed by atoms with Crippen LogP contribution in [0.4, 0.5) is 0 Å². The third-order valence-electron chi connectivity index (χ3n) is 4.31. The Bertz CT molecular complexity index is 1030. The van der Waals surface area contributed by atoms with Crippen LogP contribution in [0.5, 0.6) is 5.75 Å². The summed E-state index contributed by atoms with van der Waals surface area (Å²) in [5.41, 5.74) is 1.53. The molecule has 0 radical (unpaired) electrons. The molecule has 1 N–H and O–H groups in total. The Labute approximate surface area is 167 Å². The fourth-order valence-corrected chi connectivity index (χ4v) is 4.63. The van der Waals surface area contributed by atoms with Gasteiger partial charge in [-0.3, -0.25) is 0 Å². The Morgan fingerprint density at radius 1 is 1.00 bits per heavy atom. The molecule has 0 saturated heterocycles. The number of hydrogen-bond donors (Lipinski definition) is 1. The Hall–Kier alpha value is -1.94. The van der Waals surface area contributed by atoms with Crippen molar-refractivity contribution >= 4 is 20.0 Å². The predicted octanol–water partition coefficient (Wildman–Crippen LogP) is 2.55. The van der Waals surface area contributed by atoms with Crippen LogP contribution >= 0.6 is 0 Å².